The fourth-order valence-electron chi connectivity index (χ4n) is 4.25. The van der Waals surface area contributed by atoms with Crippen molar-refractivity contribution in [2.24, 2.45) is 0 Å². The van der Waals surface area contributed by atoms with E-state index in [1.807, 2.05) is 60.7 Å². The van der Waals surface area contributed by atoms with Crippen LogP contribution in [0, 0.1) is 0 Å². The first-order valence-corrected chi connectivity index (χ1v) is 12.3. The van der Waals surface area contributed by atoms with Crippen LogP contribution in [0.15, 0.2) is 91.1 Å². The largest absolute Gasteiger partial charge is 0.379 e. The molecule has 0 radical (unpaired) electrons. The predicted octanol–water partition coefficient (Wildman–Crippen LogP) is 4.12. The lowest BCUT2D eigenvalue weighted by Gasteiger charge is -2.25. The van der Waals surface area contributed by atoms with Gasteiger partial charge in [-0.25, -0.2) is 0 Å². The molecule has 1 fully saturated rings. The van der Waals surface area contributed by atoms with E-state index >= 15 is 0 Å². The van der Waals surface area contributed by atoms with Gasteiger partial charge in [-0.15, -0.1) is 0 Å². The minimum Gasteiger partial charge on any atom is -0.379 e. The fraction of sp³-hybridized carbons (Fsp3) is 0.207. The van der Waals surface area contributed by atoms with E-state index in [2.05, 4.69) is 15.5 Å². The van der Waals surface area contributed by atoms with Crippen LogP contribution in [0.1, 0.15) is 15.9 Å². The monoisotopic (exact) mass is 495 g/mol. The molecule has 1 aliphatic rings. The normalized spacial score (nSPS) is 13.7. The van der Waals surface area contributed by atoms with Crippen LogP contribution in [0.5, 0.6) is 0 Å². The number of carbonyl (C=O) groups is 2. The number of rotatable bonds is 8. The molecule has 37 heavy (non-hydrogen) atoms. The Balaban J connectivity index is 1.27. The standard InChI is InChI=1S/C29H29N5O3/c35-27(21-33-15-17-37-18-16-33)30-24-11-13-25(14-12-24)31-29(36)26-20-34(19-22-7-3-1-4-8-22)32-28(26)23-9-5-2-6-10-23/h1-14,20H,15-19,21H2,(H,30,35)(H,31,36). The Hall–Kier alpha value is -4.27. The highest BCUT2D eigenvalue weighted by atomic mass is 16.5. The van der Waals surface area contributed by atoms with E-state index in [0.717, 1.165) is 24.2 Å². The van der Waals surface area contributed by atoms with Crippen LogP contribution in [0.3, 0.4) is 0 Å². The lowest BCUT2D eigenvalue weighted by Crippen LogP contribution is -2.41. The van der Waals surface area contributed by atoms with Gasteiger partial charge in [0.25, 0.3) is 5.91 Å². The minimum atomic E-state index is -0.248. The lowest BCUT2D eigenvalue weighted by molar-refractivity contribution is -0.118. The first-order valence-electron chi connectivity index (χ1n) is 12.3. The highest BCUT2D eigenvalue weighted by molar-refractivity contribution is 6.08. The number of nitrogens with zero attached hydrogens (tertiary/aromatic N) is 3. The second kappa shape index (κ2) is 11.6. The summed E-state index contributed by atoms with van der Waals surface area (Å²) in [7, 11) is 0. The van der Waals surface area contributed by atoms with Crippen molar-refractivity contribution in [3.63, 3.8) is 0 Å². The number of carbonyl (C=O) groups excluding carboxylic acids is 2. The molecule has 0 aliphatic carbocycles. The summed E-state index contributed by atoms with van der Waals surface area (Å²) in [5.74, 6) is -0.320. The number of amides is 2. The lowest BCUT2D eigenvalue weighted by atomic mass is 10.1. The zero-order valence-corrected chi connectivity index (χ0v) is 20.5. The molecule has 3 aromatic carbocycles. The highest BCUT2D eigenvalue weighted by Crippen LogP contribution is 2.24. The summed E-state index contributed by atoms with van der Waals surface area (Å²) in [5.41, 5.74) is 4.40. The number of hydrogen-bond donors (Lipinski definition) is 2. The molecule has 188 valence electrons. The maximum atomic E-state index is 13.3. The van der Waals surface area contributed by atoms with Gasteiger partial charge in [-0.2, -0.15) is 5.10 Å². The van der Waals surface area contributed by atoms with Crippen molar-refractivity contribution >= 4 is 23.2 Å². The first kappa shape index (κ1) is 24.4. The van der Waals surface area contributed by atoms with Crippen molar-refractivity contribution < 1.29 is 14.3 Å². The summed E-state index contributed by atoms with van der Waals surface area (Å²) in [6.07, 6.45) is 1.78. The number of nitrogens with one attached hydrogen (secondary N) is 2. The second-order valence-electron chi connectivity index (χ2n) is 8.91. The highest BCUT2D eigenvalue weighted by Gasteiger charge is 2.19. The van der Waals surface area contributed by atoms with Crippen molar-refractivity contribution in [1.29, 1.82) is 0 Å². The van der Waals surface area contributed by atoms with E-state index in [-0.39, 0.29) is 11.8 Å². The van der Waals surface area contributed by atoms with Crippen LogP contribution in [0.4, 0.5) is 11.4 Å². The predicted molar refractivity (Wildman–Crippen MR) is 143 cm³/mol. The van der Waals surface area contributed by atoms with Gasteiger partial charge in [0, 0.05) is 36.2 Å². The van der Waals surface area contributed by atoms with Crippen LogP contribution in [0.2, 0.25) is 0 Å². The maximum Gasteiger partial charge on any atom is 0.259 e. The van der Waals surface area contributed by atoms with E-state index in [9.17, 15) is 9.59 Å². The molecule has 1 aliphatic heterocycles. The smallest absolute Gasteiger partial charge is 0.259 e. The molecule has 1 saturated heterocycles. The third-order valence-corrected chi connectivity index (χ3v) is 6.14. The summed E-state index contributed by atoms with van der Waals surface area (Å²) < 4.78 is 7.11. The van der Waals surface area contributed by atoms with Crippen molar-refractivity contribution in [3.8, 4) is 11.3 Å². The maximum absolute atomic E-state index is 13.3. The third kappa shape index (κ3) is 6.49. The zero-order valence-electron chi connectivity index (χ0n) is 20.5. The van der Waals surface area contributed by atoms with E-state index in [1.54, 1.807) is 35.1 Å². The van der Waals surface area contributed by atoms with Crippen molar-refractivity contribution in [2.45, 2.75) is 6.54 Å². The topological polar surface area (TPSA) is 88.5 Å². The third-order valence-electron chi connectivity index (χ3n) is 6.14. The Morgan fingerprint density at radius 2 is 1.43 bits per heavy atom. The van der Waals surface area contributed by atoms with Crippen LogP contribution in [-0.2, 0) is 16.1 Å². The van der Waals surface area contributed by atoms with E-state index in [1.165, 1.54) is 0 Å². The molecule has 4 aromatic rings. The quantitative estimate of drug-likeness (QED) is 0.384. The number of aromatic nitrogens is 2. The van der Waals surface area contributed by atoms with Gasteiger partial charge in [0.2, 0.25) is 5.91 Å². The fourth-order valence-corrected chi connectivity index (χ4v) is 4.25. The Morgan fingerprint density at radius 3 is 2.11 bits per heavy atom. The molecule has 0 bridgehead atoms. The number of ether oxygens (including phenoxy) is 1. The average Bonchev–Trinajstić information content (AvgIpc) is 3.35. The number of benzene rings is 3. The molecule has 0 unspecified atom stereocenters. The zero-order chi connectivity index (χ0) is 25.5. The molecule has 0 atom stereocenters. The van der Waals surface area contributed by atoms with E-state index < -0.39 is 0 Å². The van der Waals surface area contributed by atoms with Crippen LogP contribution in [-0.4, -0.2) is 59.3 Å². The number of morpholine rings is 1. The molecule has 2 heterocycles. The molecule has 0 saturated carbocycles. The van der Waals surface area contributed by atoms with Gasteiger partial charge in [-0.3, -0.25) is 19.2 Å². The number of hydrogen-bond acceptors (Lipinski definition) is 5. The Bertz CT molecular complexity index is 1330. The van der Waals surface area contributed by atoms with Crippen molar-refractivity contribution in [1.82, 2.24) is 14.7 Å². The van der Waals surface area contributed by atoms with Crippen LogP contribution < -0.4 is 10.6 Å². The molecule has 2 N–H and O–H groups in total. The number of anilines is 2. The van der Waals surface area contributed by atoms with Crippen LogP contribution in [0.25, 0.3) is 11.3 Å². The summed E-state index contributed by atoms with van der Waals surface area (Å²) in [4.78, 5) is 27.7. The second-order valence-corrected chi connectivity index (χ2v) is 8.91. The van der Waals surface area contributed by atoms with Gasteiger partial charge < -0.3 is 15.4 Å². The molecule has 8 heteroatoms. The Kier molecular flexibility index (Phi) is 7.69. The van der Waals surface area contributed by atoms with Gasteiger partial charge in [-0.1, -0.05) is 60.7 Å². The molecule has 8 nitrogen and oxygen atoms in total. The summed E-state index contributed by atoms with van der Waals surface area (Å²) in [5, 5.41) is 10.6. The van der Waals surface area contributed by atoms with Gasteiger partial charge in [-0.05, 0) is 29.8 Å². The summed E-state index contributed by atoms with van der Waals surface area (Å²) in [6, 6.07) is 26.8. The summed E-state index contributed by atoms with van der Waals surface area (Å²) >= 11 is 0. The summed E-state index contributed by atoms with van der Waals surface area (Å²) in [6.45, 7) is 3.71. The molecular formula is C29H29N5O3. The Morgan fingerprint density at radius 1 is 0.811 bits per heavy atom. The van der Waals surface area contributed by atoms with Gasteiger partial charge >= 0.3 is 0 Å². The molecule has 5 rings (SSSR count). The van der Waals surface area contributed by atoms with Crippen molar-refractivity contribution in [3.05, 3.63) is 102 Å². The average molecular weight is 496 g/mol. The van der Waals surface area contributed by atoms with Crippen LogP contribution >= 0.6 is 0 Å². The SMILES string of the molecule is O=C(CN1CCOCC1)Nc1ccc(NC(=O)c2cn(Cc3ccccc3)nc2-c2ccccc2)cc1. The molecule has 1 aromatic heterocycles. The molecular weight excluding hydrogens is 466 g/mol. The van der Waals surface area contributed by atoms with Gasteiger partial charge in [0.1, 0.15) is 5.69 Å². The minimum absolute atomic E-state index is 0.0722. The van der Waals surface area contributed by atoms with E-state index in [4.69, 9.17) is 9.84 Å². The molecule has 0 spiro atoms. The van der Waals surface area contributed by atoms with E-state index in [0.29, 0.717) is 48.9 Å². The molecule has 2 amide bonds. The van der Waals surface area contributed by atoms with Gasteiger partial charge in [0.05, 0.1) is 31.9 Å². The van der Waals surface area contributed by atoms with Crippen molar-refractivity contribution in [2.75, 3.05) is 43.5 Å². The first-order chi connectivity index (χ1) is 18.1. The van der Waals surface area contributed by atoms with Gasteiger partial charge in [0.15, 0.2) is 0 Å². The Labute approximate surface area is 215 Å².